The van der Waals surface area contributed by atoms with E-state index in [0.717, 1.165) is 55.8 Å². The Balaban J connectivity index is 1.33. The summed E-state index contributed by atoms with van der Waals surface area (Å²) in [7, 11) is -3.09. The van der Waals surface area contributed by atoms with Gasteiger partial charge in [0.1, 0.15) is 5.75 Å². The highest BCUT2D eigenvalue weighted by Gasteiger charge is 2.25. The monoisotopic (exact) mass is 420 g/mol. The van der Waals surface area contributed by atoms with Crippen LogP contribution in [-0.4, -0.2) is 60.0 Å². The van der Waals surface area contributed by atoms with Crippen molar-refractivity contribution >= 4 is 10.0 Å². The molecule has 9 heteroatoms. The minimum Gasteiger partial charge on any atom is -0.492 e. The lowest BCUT2D eigenvalue weighted by Gasteiger charge is -2.30. The van der Waals surface area contributed by atoms with Crippen molar-refractivity contribution in [1.29, 1.82) is 0 Å². The summed E-state index contributed by atoms with van der Waals surface area (Å²) >= 11 is 0. The molecule has 1 unspecified atom stereocenters. The van der Waals surface area contributed by atoms with Gasteiger partial charge < -0.3 is 9.47 Å². The predicted octanol–water partition coefficient (Wildman–Crippen LogP) is 2.69. The molecule has 2 aliphatic rings. The van der Waals surface area contributed by atoms with Gasteiger partial charge in [-0.3, -0.25) is 4.98 Å². The lowest BCUT2D eigenvalue weighted by molar-refractivity contribution is -0.0384. The first-order valence-corrected chi connectivity index (χ1v) is 12.0. The van der Waals surface area contributed by atoms with Gasteiger partial charge in [0.05, 0.1) is 30.4 Å². The summed E-state index contributed by atoms with van der Waals surface area (Å²) in [6.07, 6.45) is 9.61. The molecule has 0 spiro atoms. The van der Waals surface area contributed by atoms with Crippen molar-refractivity contribution in [1.82, 2.24) is 19.1 Å². The van der Waals surface area contributed by atoms with Crippen molar-refractivity contribution in [3.8, 4) is 17.1 Å². The average molecular weight is 421 g/mol. The molecule has 2 aliphatic heterocycles. The largest absolute Gasteiger partial charge is 0.492 e. The number of sulfonamides is 1. The smallest absolute Gasteiger partial charge is 0.211 e. The lowest BCUT2D eigenvalue weighted by Crippen LogP contribution is -2.39. The molecule has 2 aromatic rings. The SMILES string of the molecule is CS(=O)(=O)N1CCC(COc2ccc(-c3ccnn3C3CCCCO3)nc2)CC1. The van der Waals surface area contributed by atoms with Crippen LogP contribution in [0.2, 0.25) is 0 Å². The maximum Gasteiger partial charge on any atom is 0.211 e. The summed E-state index contributed by atoms with van der Waals surface area (Å²) in [6.45, 7) is 2.48. The van der Waals surface area contributed by atoms with Gasteiger partial charge in [0.25, 0.3) is 0 Å². The molecule has 0 N–H and O–H groups in total. The molecule has 158 valence electrons. The first kappa shape index (κ1) is 20.3. The number of ether oxygens (including phenoxy) is 2. The van der Waals surface area contributed by atoms with E-state index < -0.39 is 10.0 Å². The van der Waals surface area contributed by atoms with Gasteiger partial charge in [-0.05, 0) is 56.2 Å². The summed E-state index contributed by atoms with van der Waals surface area (Å²) in [5.41, 5.74) is 1.78. The Bertz CT molecular complexity index is 899. The highest BCUT2D eigenvalue weighted by molar-refractivity contribution is 7.88. The van der Waals surface area contributed by atoms with Crippen LogP contribution in [0.3, 0.4) is 0 Å². The molecule has 4 rings (SSSR count). The van der Waals surface area contributed by atoms with Gasteiger partial charge in [0.15, 0.2) is 6.23 Å². The van der Waals surface area contributed by atoms with Crippen LogP contribution >= 0.6 is 0 Å². The van der Waals surface area contributed by atoms with Gasteiger partial charge in [-0.15, -0.1) is 0 Å². The van der Waals surface area contributed by atoms with Gasteiger partial charge in [-0.25, -0.2) is 17.4 Å². The molecule has 4 heterocycles. The Kier molecular flexibility index (Phi) is 6.17. The van der Waals surface area contributed by atoms with Crippen molar-refractivity contribution < 1.29 is 17.9 Å². The zero-order valence-electron chi connectivity index (χ0n) is 16.7. The molecule has 2 saturated heterocycles. The van der Waals surface area contributed by atoms with E-state index in [4.69, 9.17) is 9.47 Å². The quantitative estimate of drug-likeness (QED) is 0.714. The number of piperidine rings is 1. The molecule has 29 heavy (non-hydrogen) atoms. The van der Waals surface area contributed by atoms with Gasteiger partial charge >= 0.3 is 0 Å². The lowest BCUT2D eigenvalue weighted by atomic mass is 9.99. The van der Waals surface area contributed by atoms with E-state index in [1.165, 1.54) is 6.26 Å². The number of hydrogen-bond donors (Lipinski definition) is 0. The fraction of sp³-hybridized carbons (Fsp3) is 0.600. The van der Waals surface area contributed by atoms with Crippen LogP contribution in [0, 0.1) is 5.92 Å². The Morgan fingerprint density at radius 3 is 2.66 bits per heavy atom. The highest BCUT2D eigenvalue weighted by atomic mass is 32.2. The molecule has 2 fully saturated rings. The van der Waals surface area contributed by atoms with Crippen molar-refractivity contribution in [2.24, 2.45) is 5.92 Å². The third kappa shape index (κ3) is 4.96. The van der Waals surface area contributed by atoms with E-state index in [1.54, 1.807) is 16.7 Å². The van der Waals surface area contributed by atoms with Crippen molar-refractivity contribution in [2.75, 3.05) is 32.6 Å². The molecule has 0 radical (unpaired) electrons. The molecule has 1 atom stereocenters. The second-order valence-electron chi connectivity index (χ2n) is 7.78. The van der Waals surface area contributed by atoms with E-state index >= 15 is 0 Å². The summed E-state index contributed by atoms with van der Waals surface area (Å²) in [6, 6.07) is 5.82. The number of pyridine rings is 1. The number of aromatic nitrogens is 3. The van der Waals surface area contributed by atoms with E-state index in [1.807, 2.05) is 22.9 Å². The van der Waals surface area contributed by atoms with E-state index in [-0.39, 0.29) is 6.23 Å². The minimum atomic E-state index is -3.09. The molecular formula is C20H28N4O4S. The Morgan fingerprint density at radius 1 is 1.17 bits per heavy atom. The second-order valence-corrected chi connectivity index (χ2v) is 9.76. The molecule has 2 aromatic heterocycles. The van der Waals surface area contributed by atoms with Crippen LogP contribution in [0.25, 0.3) is 11.4 Å². The van der Waals surface area contributed by atoms with Crippen LogP contribution in [-0.2, 0) is 14.8 Å². The van der Waals surface area contributed by atoms with E-state index in [9.17, 15) is 8.42 Å². The number of rotatable bonds is 6. The third-order valence-corrected chi connectivity index (χ3v) is 6.93. The van der Waals surface area contributed by atoms with E-state index in [0.29, 0.717) is 25.6 Å². The predicted molar refractivity (Wildman–Crippen MR) is 109 cm³/mol. The van der Waals surface area contributed by atoms with Gasteiger partial charge in [-0.2, -0.15) is 5.10 Å². The Morgan fingerprint density at radius 2 is 2.00 bits per heavy atom. The van der Waals surface area contributed by atoms with Crippen LogP contribution in [0.15, 0.2) is 30.6 Å². The number of nitrogens with zero attached hydrogens (tertiary/aromatic N) is 4. The Labute approximate surface area is 171 Å². The molecule has 0 aliphatic carbocycles. The summed E-state index contributed by atoms with van der Waals surface area (Å²) in [5.74, 6) is 1.08. The summed E-state index contributed by atoms with van der Waals surface area (Å²) in [4.78, 5) is 4.56. The molecular weight excluding hydrogens is 392 g/mol. The first-order chi connectivity index (χ1) is 14.0. The van der Waals surface area contributed by atoms with Crippen LogP contribution in [0.4, 0.5) is 0 Å². The standard InChI is InChI=1S/C20H28N4O4S/c1-29(25,26)23-11-8-16(9-12-23)15-28-17-5-6-18(21-14-17)19-7-10-22-24(19)20-4-2-3-13-27-20/h5-7,10,14,16,20H,2-4,8-9,11-13,15H2,1H3. The van der Waals surface area contributed by atoms with Crippen LogP contribution in [0.5, 0.6) is 5.75 Å². The minimum absolute atomic E-state index is 0.0238. The van der Waals surface area contributed by atoms with Crippen molar-refractivity contribution in [3.63, 3.8) is 0 Å². The molecule has 8 nitrogen and oxygen atoms in total. The highest BCUT2D eigenvalue weighted by Crippen LogP contribution is 2.28. The van der Waals surface area contributed by atoms with Gasteiger partial charge in [0, 0.05) is 25.9 Å². The van der Waals surface area contributed by atoms with Gasteiger partial charge in [0.2, 0.25) is 10.0 Å². The molecule has 0 bridgehead atoms. The molecule has 0 aromatic carbocycles. The zero-order chi connectivity index (χ0) is 20.3. The molecule has 0 saturated carbocycles. The summed E-state index contributed by atoms with van der Waals surface area (Å²) < 4.78 is 38.4. The van der Waals surface area contributed by atoms with Crippen LogP contribution in [0.1, 0.15) is 38.3 Å². The number of hydrogen-bond acceptors (Lipinski definition) is 6. The third-order valence-electron chi connectivity index (χ3n) is 5.63. The normalized spacial score (nSPS) is 21.9. The summed E-state index contributed by atoms with van der Waals surface area (Å²) in [5, 5.41) is 4.43. The zero-order valence-corrected chi connectivity index (χ0v) is 17.6. The van der Waals surface area contributed by atoms with E-state index in [2.05, 4.69) is 10.1 Å². The maximum absolute atomic E-state index is 11.6. The average Bonchev–Trinajstić information content (AvgIpc) is 3.23. The Hall–Kier alpha value is -1.97. The topological polar surface area (TPSA) is 86.6 Å². The van der Waals surface area contributed by atoms with Crippen molar-refractivity contribution in [3.05, 3.63) is 30.6 Å². The first-order valence-electron chi connectivity index (χ1n) is 10.2. The van der Waals surface area contributed by atoms with Crippen molar-refractivity contribution in [2.45, 2.75) is 38.3 Å². The fourth-order valence-corrected chi connectivity index (χ4v) is 4.78. The molecule has 0 amide bonds. The second kappa shape index (κ2) is 8.81. The maximum atomic E-state index is 11.6. The van der Waals surface area contributed by atoms with Gasteiger partial charge in [-0.1, -0.05) is 0 Å². The fourth-order valence-electron chi connectivity index (χ4n) is 3.90. The van der Waals surface area contributed by atoms with Crippen LogP contribution < -0.4 is 4.74 Å².